The molecular formula is C16H24N2. The molecule has 1 spiro atoms. The van der Waals surface area contributed by atoms with Crippen LogP contribution in [0, 0.1) is 12.3 Å². The average molecular weight is 244 g/mol. The average Bonchev–Trinajstić information content (AvgIpc) is 2.67. The number of piperidine rings is 1. The van der Waals surface area contributed by atoms with E-state index in [1.807, 2.05) is 0 Å². The lowest BCUT2D eigenvalue weighted by Gasteiger charge is -2.42. The van der Waals surface area contributed by atoms with Crippen molar-refractivity contribution in [2.24, 2.45) is 11.1 Å². The number of nitrogens with zero attached hydrogens (tertiary/aromatic N) is 1. The minimum atomic E-state index is 0.256. The van der Waals surface area contributed by atoms with Crippen LogP contribution in [0.1, 0.15) is 42.5 Å². The van der Waals surface area contributed by atoms with E-state index in [-0.39, 0.29) is 6.04 Å². The number of aryl methyl sites for hydroxylation is 1. The van der Waals surface area contributed by atoms with E-state index in [1.54, 1.807) is 0 Å². The van der Waals surface area contributed by atoms with E-state index in [0.717, 1.165) is 0 Å². The van der Waals surface area contributed by atoms with Crippen molar-refractivity contribution < 1.29 is 0 Å². The summed E-state index contributed by atoms with van der Waals surface area (Å²) in [6.07, 6.45) is 3.72. The summed E-state index contributed by atoms with van der Waals surface area (Å²) in [5, 5.41) is 0. The molecule has 98 valence electrons. The fraction of sp³-hybridized carbons (Fsp3) is 0.625. The largest absolute Gasteiger partial charge is 0.323 e. The van der Waals surface area contributed by atoms with Gasteiger partial charge < -0.3 is 10.6 Å². The van der Waals surface area contributed by atoms with Crippen molar-refractivity contribution >= 4 is 0 Å². The summed E-state index contributed by atoms with van der Waals surface area (Å²) in [5.41, 5.74) is 11.3. The van der Waals surface area contributed by atoms with Crippen LogP contribution in [0.15, 0.2) is 18.2 Å². The minimum absolute atomic E-state index is 0.256. The van der Waals surface area contributed by atoms with Crippen molar-refractivity contribution in [1.82, 2.24) is 4.90 Å². The van der Waals surface area contributed by atoms with E-state index < -0.39 is 0 Å². The maximum Gasteiger partial charge on any atom is 0.0359 e. The summed E-state index contributed by atoms with van der Waals surface area (Å²) in [6.45, 7) is 8.10. The van der Waals surface area contributed by atoms with E-state index in [2.05, 4.69) is 36.9 Å². The molecular weight excluding hydrogens is 220 g/mol. The first-order chi connectivity index (χ1) is 8.66. The molecule has 1 saturated heterocycles. The fourth-order valence-electron chi connectivity index (χ4n) is 3.85. The molecule has 2 heteroatoms. The first-order valence-electron chi connectivity index (χ1n) is 7.22. The minimum Gasteiger partial charge on any atom is -0.323 e. The molecule has 18 heavy (non-hydrogen) atoms. The second-order valence-electron chi connectivity index (χ2n) is 6.09. The molecule has 2 nitrogen and oxygen atoms in total. The van der Waals surface area contributed by atoms with Crippen molar-refractivity contribution in [1.29, 1.82) is 0 Å². The Balaban J connectivity index is 1.88. The van der Waals surface area contributed by atoms with Gasteiger partial charge in [0.2, 0.25) is 0 Å². The zero-order chi connectivity index (χ0) is 12.8. The number of fused-ring (bicyclic) bond motifs is 1. The normalized spacial score (nSPS) is 26.5. The molecule has 2 aliphatic rings. The third-order valence-corrected chi connectivity index (χ3v) is 5.27. The Hall–Kier alpha value is -0.860. The molecule has 1 atom stereocenters. The summed E-state index contributed by atoms with van der Waals surface area (Å²) in [7, 11) is 0. The summed E-state index contributed by atoms with van der Waals surface area (Å²) in [4.78, 5) is 2.55. The number of benzene rings is 1. The highest BCUT2D eigenvalue weighted by Gasteiger charge is 2.45. The zero-order valence-electron chi connectivity index (χ0n) is 11.6. The number of hydrogen-bond acceptors (Lipinski definition) is 2. The maximum absolute atomic E-state index is 6.59. The van der Waals surface area contributed by atoms with E-state index in [1.165, 1.54) is 55.6 Å². The van der Waals surface area contributed by atoms with Crippen molar-refractivity contribution in [3.8, 4) is 0 Å². The number of likely N-dealkylation sites (tertiary alicyclic amines) is 1. The van der Waals surface area contributed by atoms with E-state index >= 15 is 0 Å². The molecule has 0 aromatic heterocycles. The predicted octanol–water partition coefficient (Wildman–Crippen LogP) is 2.65. The lowest BCUT2D eigenvalue weighted by atomic mass is 9.73. The predicted molar refractivity (Wildman–Crippen MR) is 75.6 cm³/mol. The van der Waals surface area contributed by atoms with Crippen molar-refractivity contribution in [2.45, 2.75) is 39.2 Å². The van der Waals surface area contributed by atoms with Gasteiger partial charge in [0, 0.05) is 6.04 Å². The second-order valence-corrected chi connectivity index (χ2v) is 6.09. The third-order valence-electron chi connectivity index (χ3n) is 5.27. The summed E-state index contributed by atoms with van der Waals surface area (Å²) in [6, 6.07) is 6.89. The maximum atomic E-state index is 6.59. The second kappa shape index (κ2) is 4.36. The molecule has 0 saturated carbocycles. The topological polar surface area (TPSA) is 29.3 Å². The molecule has 0 amide bonds. The van der Waals surface area contributed by atoms with Crippen molar-refractivity contribution in [3.05, 3.63) is 34.9 Å². The van der Waals surface area contributed by atoms with Gasteiger partial charge >= 0.3 is 0 Å². The van der Waals surface area contributed by atoms with Crippen molar-refractivity contribution in [3.63, 3.8) is 0 Å². The van der Waals surface area contributed by atoms with Crippen LogP contribution in [0.5, 0.6) is 0 Å². The van der Waals surface area contributed by atoms with Crippen LogP contribution in [0.4, 0.5) is 0 Å². The SMILES string of the molecule is CCN1CCC2(CC1)Cc1c(C)cccc1[C@H]2N. The highest BCUT2D eigenvalue weighted by Crippen LogP contribution is 2.51. The van der Waals surface area contributed by atoms with Crippen LogP contribution in [0.25, 0.3) is 0 Å². The molecule has 1 fully saturated rings. The van der Waals surface area contributed by atoms with Gasteiger partial charge in [-0.15, -0.1) is 0 Å². The molecule has 0 bridgehead atoms. The van der Waals surface area contributed by atoms with Gasteiger partial charge in [0.25, 0.3) is 0 Å². The number of hydrogen-bond donors (Lipinski definition) is 1. The standard InChI is InChI=1S/C16H24N2/c1-3-18-9-7-16(8-10-18)11-14-12(2)5-4-6-13(14)15(16)17/h4-6,15H,3,7-11,17H2,1-2H3/t15-/m1/s1. The molecule has 1 aliphatic heterocycles. The Labute approximate surface area is 110 Å². The van der Waals surface area contributed by atoms with Gasteiger partial charge in [-0.25, -0.2) is 0 Å². The molecule has 0 radical (unpaired) electrons. The van der Waals surface area contributed by atoms with E-state index in [0.29, 0.717) is 5.41 Å². The lowest BCUT2D eigenvalue weighted by molar-refractivity contribution is 0.0929. The van der Waals surface area contributed by atoms with Crippen LogP contribution in [-0.4, -0.2) is 24.5 Å². The smallest absolute Gasteiger partial charge is 0.0359 e. The summed E-state index contributed by atoms with van der Waals surface area (Å²) >= 11 is 0. The van der Waals surface area contributed by atoms with Crippen molar-refractivity contribution in [2.75, 3.05) is 19.6 Å². The highest BCUT2D eigenvalue weighted by molar-refractivity contribution is 5.43. The van der Waals surface area contributed by atoms with Gasteiger partial charge in [-0.3, -0.25) is 0 Å². The van der Waals surface area contributed by atoms with Crippen LogP contribution < -0.4 is 5.73 Å². The van der Waals surface area contributed by atoms with Gasteiger partial charge in [0.05, 0.1) is 0 Å². The van der Waals surface area contributed by atoms with Crippen LogP contribution in [-0.2, 0) is 6.42 Å². The van der Waals surface area contributed by atoms with E-state index in [4.69, 9.17) is 5.73 Å². The molecule has 1 aromatic rings. The quantitative estimate of drug-likeness (QED) is 0.823. The molecule has 0 unspecified atom stereocenters. The van der Waals surface area contributed by atoms with E-state index in [9.17, 15) is 0 Å². The molecule has 1 heterocycles. The highest BCUT2D eigenvalue weighted by atomic mass is 15.1. The Morgan fingerprint density at radius 3 is 2.67 bits per heavy atom. The van der Waals surface area contributed by atoms with Gasteiger partial charge in [0.1, 0.15) is 0 Å². The Morgan fingerprint density at radius 2 is 2.06 bits per heavy atom. The summed E-state index contributed by atoms with van der Waals surface area (Å²) < 4.78 is 0. The Morgan fingerprint density at radius 1 is 1.33 bits per heavy atom. The number of nitrogens with two attached hydrogens (primary N) is 1. The van der Waals surface area contributed by atoms with Crippen LogP contribution in [0.2, 0.25) is 0 Å². The Bertz CT molecular complexity index is 444. The number of rotatable bonds is 1. The molecule has 3 rings (SSSR count). The van der Waals surface area contributed by atoms with Gasteiger partial charge in [0.15, 0.2) is 0 Å². The monoisotopic (exact) mass is 244 g/mol. The van der Waals surface area contributed by atoms with Gasteiger partial charge in [-0.1, -0.05) is 25.1 Å². The molecule has 1 aromatic carbocycles. The van der Waals surface area contributed by atoms with Gasteiger partial charge in [-0.05, 0) is 67.9 Å². The van der Waals surface area contributed by atoms with Crippen LogP contribution >= 0.6 is 0 Å². The first kappa shape index (κ1) is 12.2. The van der Waals surface area contributed by atoms with Crippen LogP contribution in [0.3, 0.4) is 0 Å². The molecule has 2 N–H and O–H groups in total. The lowest BCUT2D eigenvalue weighted by Crippen LogP contribution is -2.44. The fourth-order valence-corrected chi connectivity index (χ4v) is 3.85. The molecule has 1 aliphatic carbocycles. The Kier molecular flexibility index (Phi) is 2.95. The zero-order valence-corrected chi connectivity index (χ0v) is 11.6. The van der Waals surface area contributed by atoms with Gasteiger partial charge in [-0.2, -0.15) is 0 Å². The first-order valence-corrected chi connectivity index (χ1v) is 7.22. The summed E-state index contributed by atoms with van der Waals surface area (Å²) in [5.74, 6) is 0. The third kappa shape index (κ3) is 1.70.